The van der Waals surface area contributed by atoms with Crippen molar-refractivity contribution in [2.45, 2.75) is 13.0 Å². The van der Waals surface area contributed by atoms with E-state index in [-0.39, 0.29) is 24.0 Å². The van der Waals surface area contributed by atoms with Gasteiger partial charge in [0, 0.05) is 18.5 Å². The minimum absolute atomic E-state index is 0. The Bertz CT molecular complexity index is 710. The van der Waals surface area contributed by atoms with Crippen molar-refractivity contribution in [2.75, 3.05) is 26.8 Å². The van der Waals surface area contributed by atoms with E-state index in [9.17, 15) is 0 Å². The molecule has 136 valence electrons. The van der Waals surface area contributed by atoms with Crippen LogP contribution in [0.3, 0.4) is 0 Å². The Hall–Kier alpha value is -1.19. The first kappa shape index (κ1) is 20.1. The lowest BCUT2D eigenvalue weighted by molar-refractivity contribution is 0.171. The van der Waals surface area contributed by atoms with E-state index in [2.05, 4.69) is 27.1 Å². The van der Waals surface area contributed by atoms with E-state index in [0.29, 0.717) is 24.0 Å². The fourth-order valence-corrected chi connectivity index (χ4v) is 3.37. The van der Waals surface area contributed by atoms with Gasteiger partial charge in [-0.25, -0.2) is 0 Å². The molecule has 0 saturated carbocycles. The molecule has 1 aromatic heterocycles. The molecule has 0 bridgehead atoms. The summed E-state index contributed by atoms with van der Waals surface area (Å²) in [5.74, 6) is 2.16. The average molecular weight is 494 g/mol. The number of fused-ring (bicyclic) bond motifs is 1. The molecular weight excluding hydrogens is 473 g/mol. The molecule has 0 aliphatic carbocycles. The van der Waals surface area contributed by atoms with Crippen LogP contribution < -0.4 is 20.1 Å². The lowest BCUT2D eigenvalue weighted by Crippen LogP contribution is -2.37. The maximum absolute atomic E-state index is 6.26. The average Bonchev–Trinajstić information content (AvgIpc) is 3.11. The molecule has 0 radical (unpaired) electrons. The van der Waals surface area contributed by atoms with E-state index in [1.54, 1.807) is 18.4 Å². The molecule has 25 heavy (non-hydrogen) atoms. The third kappa shape index (κ3) is 5.65. The van der Waals surface area contributed by atoms with Crippen LogP contribution in [-0.4, -0.2) is 32.8 Å². The van der Waals surface area contributed by atoms with Gasteiger partial charge in [0.25, 0.3) is 0 Å². The van der Waals surface area contributed by atoms with Gasteiger partial charge in [-0.3, -0.25) is 4.99 Å². The van der Waals surface area contributed by atoms with Crippen molar-refractivity contribution in [1.82, 2.24) is 10.6 Å². The quantitative estimate of drug-likeness (QED) is 0.379. The number of halogens is 2. The van der Waals surface area contributed by atoms with E-state index in [1.165, 1.54) is 4.88 Å². The van der Waals surface area contributed by atoms with Gasteiger partial charge in [-0.05, 0) is 35.6 Å². The molecule has 0 atom stereocenters. The monoisotopic (exact) mass is 493 g/mol. The lowest BCUT2D eigenvalue weighted by atomic mass is 10.1. The number of nitrogens with one attached hydrogen (secondary N) is 2. The number of benzene rings is 1. The summed E-state index contributed by atoms with van der Waals surface area (Å²) in [4.78, 5) is 5.51. The third-order valence-electron chi connectivity index (χ3n) is 3.60. The van der Waals surface area contributed by atoms with E-state index in [0.717, 1.165) is 36.8 Å². The van der Waals surface area contributed by atoms with Crippen molar-refractivity contribution in [1.29, 1.82) is 0 Å². The Morgan fingerprint density at radius 2 is 2.12 bits per heavy atom. The molecule has 8 heteroatoms. The van der Waals surface area contributed by atoms with Crippen LogP contribution in [-0.2, 0) is 13.0 Å². The molecule has 0 unspecified atom stereocenters. The van der Waals surface area contributed by atoms with Crippen molar-refractivity contribution >= 4 is 52.9 Å². The van der Waals surface area contributed by atoms with Crippen molar-refractivity contribution < 1.29 is 9.47 Å². The summed E-state index contributed by atoms with van der Waals surface area (Å²) in [6.45, 7) is 2.62. The van der Waals surface area contributed by atoms with E-state index >= 15 is 0 Å². The summed E-state index contributed by atoms with van der Waals surface area (Å²) < 4.78 is 11.1. The minimum Gasteiger partial charge on any atom is -0.486 e. The first-order valence-corrected chi connectivity index (χ1v) is 9.07. The van der Waals surface area contributed by atoms with Gasteiger partial charge in [0.1, 0.15) is 13.2 Å². The van der Waals surface area contributed by atoms with Crippen molar-refractivity contribution in [2.24, 2.45) is 4.99 Å². The van der Waals surface area contributed by atoms with Crippen LogP contribution >= 0.6 is 46.9 Å². The number of hydrogen-bond acceptors (Lipinski definition) is 4. The largest absolute Gasteiger partial charge is 0.486 e. The third-order valence-corrected chi connectivity index (χ3v) is 4.75. The Balaban J connectivity index is 0.00000225. The van der Waals surface area contributed by atoms with Gasteiger partial charge in [-0.15, -0.1) is 35.3 Å². The summed E-state index contributed by atoms with van der Waals surface area (Å²) in [7, 11) is 1.77. The van der Waals surface area contributed by atoms with E-state index in [4.69, 9.17) is 21.1 Å². The second-order valence-electron chi connectivity index (χ2n) is 5.28. The highest BCUT2D eigenvalue weighted by Gasteiger charge is 2.16. The van der Waals surface area contributed by atoms with Gasteiger partial charge in [0.2, 0.25) is 0 Å². The van der Waals surface area contributed by atoms with Gasteiger partial charge in [0.15, 0.2) is 17.5 Å². The summed E-state index contributed by atoms with van der Waals surface area (Å²) in [6, 6.07) is 8.06. The molecule has 2 N–H and O–H groups in total. The van der Waals surface area contributed by atoms with Gasteiger partial charge in [-0.1, -0.05) is 17.7 Å². The molecule has 1 aromatic carbocycles. The number of rotatable bonds is 5. The Morgan fingerprint density at radius 1 is 1.28 bits per heavy atom. The lowest BCUT2D eigenvalue weighted by Gasteiger charge is -2.20. The zero-order valence-electron chi connectivity index (χ0n) is 13.9. The predicted molar refractivity (Wildman–Crippen MR) is 114 cm³/mol. The molecule has 3 rings (SSSR count). The molecule has 0 amide bonds. The van der Waals surface area contributed by atoms with Crippen LogP contribution in [0.1, 0.15) is 10.4 Å². The van der Waals surface area contributed by atoms with Gasteiger partial charge < -0.3 is 20.1 Å². The number of guanidine groups is 1. The number of nitrogens with zero attached hydrogens (tertiary/aromatic N) is 1. The van der Waals surface area contributed by atoms with Crippen molar-refractivity contribution in [3.8, 4) is 11.5 Å². The van der Waals surface area contributed by atoms with Crippen molar-refractivity contribution in [3.05, 3.63) is 45.1 Å². The molecule has 2 aromatic rings. The molecule has 5 nitrogen and oxygen atoms in total. The molecule has 1 aliphatic rings. The van der Waals surface area contributed by atoms with Crippen LogP contribution in [0.5, 0.6) is 11.5 Å². The fraction of sp³-hybridized carbons (Fsp3) is 0.353. The maximum Gasteiger partial charge on any atom is 0.191 e. The standard InChI is InChI=1S/C17H20ClN3O2S.HI/c1-19-17(21-11-13-3-2-8-24-13)20-5-4-12-9-14(18)16-15(10-12)22-6-7-23-16;/h2-3,8-10H,4-7,11H2,1H3,(H2,19,20,21);1H. The Kier molecular flexibility index (Phi) is 8.11. The highest BCUT2D eigenvalue weighted by Crippen LogP contribution is 2.38. The summed E-state index contributed by atoms with van der Waals surface area (Å²) >= 11 is 7.99. The van der Waals surface area contributed by atoms with Gasteiger partial charge in [0.05, 0.1) is 11.6 Å². The van der Waals surface area contributed by atoms with Gasteiger partial charge >= 0.3 is 0 Å². The van der Waals surface area contributed by atoms with Crippen LogP contribution in [0, 0.1) is 0 Å². The number of aliphatic imine (C=N–C) groups is 1. The van der Waals surface area contributed by atoms with Crippen LogP contribution in [0.4, 0.5) is 0 Å². The fourth-order valence-electron chi connectivity index (χ4n) is 2.44. The van der Waals surface area contributed by atoms with Crippen LogP contribution in [0.2, 0.25) is 5.02 Å². The minimum atomic E-state index is 0. The topological polar surface area (TPSA) is 54.9 Å². The van der Waals surface area contributed by atoms with Crippen LogP contribution in [0.25, 0.3) is 0 Å². The first-order chi connectivity index (χ1) is 11.8. The molecular formula is C17H21ClIN3O2S. The smallest absolute Gasteiger partial charge is 0.191 e. The Morgan fingerprint density at radius 3 is 2.88 bits per heavy atom. The van der Waals surface area contributed by atoms with Gasteiger partial charge in [-0.2, -0.15) is 0 Å². The predicted octanol–water partition coefficient (Wildman–Crippen LogP) is 3.70. The second-order valence-corrected chi connectivity index (χ2v) is 6.72. The molecule has 0 saturated heterocycles. The first-order valence-electron chi connectivity index (χ1n) is 7.81. The molecule has 1 aliphatic heterocycles. The molecule has 0 fully saturated rings. The zero-order chi connectivity index (χ0) is 16.8. The Labute approximate surface area is 173 Å². The number of ether oxygens (including phenoxy) is 2. The summed E-state index contributed by atoms with van der Waals surface area (Å²) in [6.07, 6.45) is 0.816. The van der Waals surface area contributed by atoms with Crippen molar-refractivity contribution in [3.63, 3.8) is 0 Å². The highest BCUT2D eigenvalue weighted by molar-refractivity contribution is 14.0. The molecule has 2 heterocycles. The van der Waals surface area contributed by atoms with Crippen LogP contribution in [0.15, 0.2) is 34.6 Å². The van der Waals surface area contributed by atoms with E-state index in [1.807, 2.05) is 18.2 Å². The SMILES string of the molecule is CN=C(NCCc1cc(Cl)c2c(c1)OCCO2)NCc1cccs1.I. The summed E-state index contributed by atoms with van der Waals surface area (Å²) in [5.41, 5.74) is 1.10. The highest BCUT2D eigenvalue weighted by atomic mass is 127. The summed E-state index contributed by atoms with van der Waals surface area (Å²) in [5, 5.41) is 9.27. The maximum atomic E-state index is 6.26. The normalized spacial score (nSPS) is 13.1. The number of thiophene rings is 1. The van der Waals surface area contributed by atoms with E-state index < -0.39 is 0 Å². The number of hydrogen-bond donors (Lipinski definition) is 2. The molecule has 0 spiro atoms. The second kappa shape index (κ2) is 10.1. The zero-order valence-corrected chi connectivity index (χ0v) is 17.8.